The molecule has 2 aromatic heterocycles. The van der Waals surface area contributed by atoms with Crippen molar-refractivity contribution in [3.63, 3.8) is 0 Å². The lowest BCUT2D eigenvalue weighted by molar-refractivity contribution is 0.326. The molecule has 4 nitrogen and oxygen atoms in total. The second-order valence-corrected chi connectivity index (χ2v) is 5.86. The first kappa shape index (κ1) is 16.2. The first-order valence-corrected chi connectivity index (χ1v) is 8.27. The third-order valence-corrected chi connectivity index (χ3v) is 4.19. The number of hydrogen-bond donors (Lipinski definition) is 0. The number of nitrogens with zero attached hydrogens (tertiary/aromatic N) is 3. The van der Waals surface area contributed by atoms with E-state index >= 15 is 0 Å². The molecule has 2 heterocycles. The van der Waals surface area contributed by atoms with Crippen molar-refractivity contribution in [2.24, 2.45) is 0 Å². The monoisotopic (exact) mass is 379 g/mol. The van der Waals surface area contributed by atoms with Crippen LogP contribution in [0.25, 0.3) is 22.4 Å². The Morgan fingerprint density at radius 1 is 1.17 bits per heavy atom. The number of rotatable bonds is 4. The molecule has 1 aromatic carbocycles. The molecule has 0 atom stereocenters. The van der Waals surface area contributed by atoms with Crippen LogP contribution in [0.3, 0.4) is 0 Å². The van der Waals surface area contributed by atoms with E-state index in [1.165, 1.54) is 0 Å². The maximum Gasteiger partial charge on any atom is 0.232 e. The number of pyridine rings is 2. The third kappa shape index (κ3) is 3.15. The second kappa shape index (κ2) is 7.24. The highest BCUT2D eigenvalue weighted by Crippen LogP contribution is 2.35. The van der Waals surface area contributed by atoms with Crippen molar-refractivity contribution in [3.05, 3.63) is 64.9 Å². The van der Waals surface area contributed by atoms with Gasteiger partial charge in [-0.05, 0) is 25.1 Å². The lowest BCUT2D eigenvalue weighted by Gasteiger charge is -2.13. The van der Waals surface area contributed by atoms with Gasteiger partial charge < -0.3 is 4.74 Å². The molecule has 0 fully saturated rings. The van der Waals surface area contributed by atoms with Crippen LogP contribution in [0.4, 0.5) is 0 Å². The zero-order chi connectivity index (χ0) is 16.9. The first-order valence-electron chi connectivity index (χ1n) is 7.47. The fraction of sp³-hybridized carbons (Fsp3) is 0.105. The summed E-state index contributed by atoms with van der Waals surface area (Å²) in [6, 6.07) is 15.7. The standard InChI is InChI=1S/C19H14BrN3O/c1-2-24-19-16(11-21)15(13-6-5-9-22-12-13)10-18(23-19)14-7-3-4-8-17(14)20/h3-10,12H,2H2,1H3. The number of ether oxygens (including phenoxy) is 1. The SMILES string of the molecule is CCOc1nc(-c2ccccc2Br)cc(-c2cccnc2)c1C#N. The predicted molar refractivity (Wildman–Crippen MR) is 96.5 cm³/mol. The lowest BCUT2D eigenvalue weighted by Crippen LogP contribution is -2.01. The minimum atomic E-state index is 0.340. The number of aromatic nitrogens is 2. The van der Waals surface area contributed by atoms with E-state index in [9.17, 15) is 5.26 Å². The maximum absolute atomic E-state index is 9.60. The van der Waals surface area contributed by atoms with Crippen molar-refractivity contribution in [2.45, 2.75) is 6.92 Å². The zero-order valence-electron chi connectivity index (χ0n) is 13.0. The molecule has 0 aliphatic carbocycles. The van der Waals surface area contributed by atoms with Crippen LogP contribution in [0.2, 0.25) is 0 Å². The van der Waals surface area contributed by atoms with E-state index in [4.69, 9.17) is 4.74 Å². The Morgan fingerprint density at radius 2 is 2.00 bits per heavy atom. The summed E-state index contributed by atoms with van der Waals surface area (Å²) in [5.41, 5.74) is 3.71. The molecule has 0 N–H and O–H groups in total. The van der Waals surface area contributed by atoms with Gasteiger partial charge >= 0.3 is 0 Å². The third-order valence-electron chi connectivity index (χ3n) is 3.50. The van der Waals surface area contributed by atoms with Crippen LogP contribution in [0.5, 0.6) is 5.88 Å². The smallest absolute Gasteiger partial charge is 0.232 e. The van der Waals surface area contributed by atoms with Gasteiger partial charge in [0, 0.05) is 33.6 Å². The number of halogens is 1. The Kier molecular flexibility index (Phi) is 4.88. The van der Waals surface area contributed by atoms with Crippen molar-refractivity contribution >= 4 is 15.9 Å². The largest absolute Gasteiger partial charge is 0.477 e. The Labute approximate surface area is 148 Å². The van der Waals surface area contributed by atoms with Gasteiger partial charge in [-0.15, -0.1) is 0 Å². The van der Waals surface area contributed by atoms with Crippen molar-refractivity contribution in [1.82, 2.24) is 9.97 Å². The molecule has 24 heavy (non-hydrogen) atoms. The van der Waals surface area contributed by atoms with Crippen LogP contribution in [0.1, 0.15) is 12.5 Å². The van der Waals surface area contributed by atoms with Gasteiger partial charge in [0.2, 0.25) is 5.88 Å². The van der Waals surface area contributed by atoms with Crippen molar-refractivity contribution in [1.29, 1.82) is 5.26 Å². The summed E-state index contributed by atoms with van der Waals surface area (Å²) in [6.45, 7) is 2.31. The average molecular weight is 380 g/mol. The van der Waals surface area contributed by atoms with Gasteiger partial charge in [-0.3, -0.25) is 4.98 Å². The molecule has 3 rings (SSSR count). The Hall–Kier alpha value is -2.71. The second-order valence-electron chi connectivity index (χ2n) is 5.00. The van der Waals surface area contributed by atoms with Gasteiger partial charge in [0.1, 0.15) is 11.6 Å². The van der Waals surface area contributed by atoms with E-state index in [1.54, 1.807) is 12.4 Å². The average Bonchev–Trinajstić information content (AvgIpc) is 2.62. The van der Waals surface area contributed by atoms with Gasteiger partial charge in [-0.25, -0.2) is 4.98 Å². The molecule has 0 aliphatic heterocycles. The van der Waals surface area contributed by atoms with Gasteiger partial charge in [0.15, 0.2) is 0 Å². The molecular formula is C19H14BrN3O. The molecule has 0 radical (unpaired) electrons. The van der Waals surface area contributed by atoms with Crippen LogP contribution in [-0.2, 0) is 0 Å². The molecular weight excluding hydrogens is 366 g/mol. The highest BCUT2D eigenvalue weighted by atomic mass is 79.9. The van der Waals surface area contributed by atoms with Crippen molar-refractivity contribution in [3.8, 4) is 34.3 Å². The van der Waals surface area contributed by atoms with E-state index in [0.717, 1.165) is 26.9 Å². The van der Waals surface area contributed by atoms with Gasteiger partial charge in [-0.2, -0.15) is 5.26 Å². The van der Waals surface area contributed by atoms with Crippen LogP contribution >= 0.6 is 15.9 Å². The number of hydrogen-bond acceptors (Lipinski definition) is 4. The van der Waals surface area contributed by atoms with Gasteiger partial charge in [0.05, 0.1) is 12.3 Å². The molecule has 5 heteroatoms. The van der Waals surface area contributed by atoms with Crippen LogP contribution in [-0.4, -0.2) is 16.6 Å². The number of nitriles is 1. The van der Waals surface area contributed by atoms with Gasteiger partial charge in [0.25, 0.3) is 0 Å². The van der Waals surface area contributed by atoms with E-state index in [1.807, 2.05) is 49.4 Å². The highest BCUT2D eigenvalue weighted by Gasteiger charge is 2.17. The summed E-state index contributed by atoms with van der Waals surface area (Å²) < 4.78 is 6.55. The minimum Gasteiger partial charge on any atom is -0.477 e. The molecule has 0 unspecified atom stereocenters. The number of benzene rings is 1. The summed E-state index contributed by atoms with van der Waals surface area (Å²) >= 11 is 3.55. The quantitative estimate of drug-likeness (QED) is 0.650. The lowest BCUT2D eigenvalue weighted by atomic mass is 10.00. The van der Waals surface area contributed by atoms with Crippen LogP contribution in [0.15, 0.2) is 59.3 Å². The summed E-state index contributed by atoms with van der Waals surface area (Å²) in [7, 11) is 0. The van der Waals surface area contributed by atoms with E-state index in [0.29, 0.717) is 18.1 Å². The Bertz CT molecular complexity index is 904. The van der Waals surface area contributed by atoms with Crippen LogP contribution in [0, 0.1) is 11.3 Å². The summed E-state index contributed by atoms with van der Waals surface area (Å²) in [5, 5.41) is 9.60. The first-order chi connectivity index (χ1) is 11.7. The summed E-state index contributed by atoms with van der Waals surface area (Å²) in [6.07, 6.45) is 3.44. The maximum atomic E-state index is 9.60. The van der Waals surface area contributed by atoms with Gasteiger partial charge in [-0.1, -0.05) is 40.2 Å². The Morgan fingerprint density at radius 3 is 2.67 bits per heavy atom. The fourth-order valence-electron chi connectivity index (χ4n) is 2.43. The predicted octanol–water partition coefficient (Wildman–Crippen LogP) is 4.84. The molecule has 3 aromatic rings. The molecule has 0 saturated heterocycles. The molecule has 0 amide bonds. The highest BCUT2D eigenvalue weighted by molar-refractivity contribution is 9.10. The van der Waals surface area contributed by atoms with Crippen molar-refractivity contribution < 1.29 is 4.74 Å². The summed E-state index contributed by atoms with van der Waals surface area (Å²) in [5.74, 6) is 0.340. The van der Waals surface area contributed by atoms with E-state index < -0.39 is 0 Å². The molecule has 118 valence electrons. The minimum absolute atomic E-state index is 0.340. The Balaban J connectivity index is 2.28. The molecule has 0 aliphatic rings. The van der Waals surface area contributed by atoms with Crippen LogP contribution < -0.4 is 4.74 Å². The van der Waals surface area contributed by atoms with E-state index in [-0.39, 0.29) is 0 Å². The topological polar surface area (TPSA) is 58.8 Å². The molecule has 0 bridgehead atoms. The normalized spacial score (nSPS) is 10.2. The fourth-order valence-corrected chi connectivity index (χ4v) is 2.92. The zero-order valence-corrected chi connectivity index (χ0v) is 14.6. The van der Waals surface area contributed by atoms with E-state index in [2.05, 4.69) is 32.0 Å². The molecule has 0 saturated carbocycles. The molecule has 0 spiro atoms. The summed E-state index contributed by atoms with van der Waals surface area (Å²) in [4.78, 5) is 8.71. The van der Waals surface area contributed by atoms with Crippen molar-refractivity contribution in [2.75, 3.05) is 6.61 Å².